The lowest BCUT2D eigenvalue weighted by Gasteiger charge is -2.18. The van der Waals surface area contributed by atoms with Crippen LogP contribution in [0.15, 0.2) is 207 Å². The Hall–Kier alpha value is -6.01. The Labute approximate surface area is 509 Å². The molecule has 0 aliphatic carbocycles. The van der Waals surface area contributed by atoms with Gasteiger partial charge in [-0.05, 0) is 161 Å². The highest BCUT2D eigenvalue weighted by molar-refractivity contribution is 5.71. The summed E-state index contributed by atoms with van der Waals surface area (Å²) in [5, 5.41) is 0. The second-order valence-corrected chi connectivity index (χ2v) is 20.5. The van der Waals surface area contributed by atoms with Crippen molar-refractivity contribution >= 4 is 17.9 Å². The van der Waals surface area contributed by atoms with Crippen LogP contribution < -0.4 is 0 Å². The van der Waals surface area contributed by atoms with Crippen molar-refractivity contribution in [3.05, 3.63) is 207 Å². The topological polar surface area (TPSA) is 78.9 Å². The van der Waals surface area contributed by atoms with Crippen LogP contribution in [0.5, 0.6) is 0 Å². The molecule has 0 heterocycles. The number of hydrogen-bond donors (Lipinski definition) is 0. The van der Waals surface area contributed by atoms with E-state index in [2.05, 4.69) is 227 Å². The van der Waals surface area contributed by atoms with Gasteiger partial charge in [0.25, 0.3) is 0 Å². The minimum atomic E-state index is -0.838. The van der Waals surface area contributed by atoms with Gasteiger partial charge in [-0.2, -0.15) is 0 Å². The van der Waals surface area contributed by atoms with E-state index in [4.69, 9.17) is 14.2 Å². The molecule has 0 saturated heterocycles. The third-order valence-electron chi connectivity index (χ3n) is 12.8. The minimum absolute atomic E-state index is 0.127. The third kappa shape index (κ3) is 66.7. The van der Waals surface area contributed by atoms with Gasteiger partial charge in [0.2, 0.25) is 0 Å². The normalized spacial score (nSPS) is 13.5. The molecule has 83 heavy (non-hydrogen) atoms. The molecule has 1 atom stereocenters. The Bertz CT molecular complexity index is 2030. The summed E-state index contributed by atoms with van der Waals surface area (Å²) in [7, 11) is 0. The molecule has 0 amide bonds. The molecule has 0 rings (SSSR count). The van der Waals surface area contributed by atoms with E-state index in [0.717, 1.165) is 173 Å². The molecule has 0 bridgehead atoms. The first-order valence-electron chi connectivity index (χ1n) is 32.6. The summed E-state index contributed by atoms with van der Waals surface area (Å²) >= 11 is 0. The van der Waals surface area contributed by atoms with Crippen molar-refractivity contribution in [1.29, 1.82) is 0 Å². The predicted molar refractivity (Wildman–Crippen MR) is 361 cm³/mol. The molecule has 0 aromatic carbocycles. The maximum atomic E-state index is 12.9. The molecule has 460 valence electrons. The highest BCUT2D eigenvalue weighted by atomic mass is 16.6. The molecular formula is C77H116O6. The summed E-state index contributed by atoms with van der Waals surface area (Å²) in [6.45, 7) is 6.19. The van der Waals surface area contributed by atoms with Crippen LogP contribution in [0.2, 0.25) is 0 Å². The van der Waals surface area contributed by atoms with Gasteiger partial charge in [-0.3, -0.25) is 14.4 Å². The van der Waals surface area contributed by atoms with E-state index in [1.807, 2.05) is 0 Å². The zero-order chi connectivity index (χ0) is 59.9. The molecule has 6 heteroatoms. The fraction of sp³-hybridized carbons (Fsp3) is 0.519. The lowest BCUT2D eigenvalue weighted by atomic mass is 10.1. The van der Waals surface area contributed by atoms with Crippen molar-refractivity contribution in [3.8, 4) is 0 Å². The maximum absolute atomic E-state index is 12.9. The third-order valence-corrected chi connectivity index (χ3v) is 12.8. The molecular weight excluding hydrogens is 1020 g/mol. The Morgan fingerprint density at radius 1 is 0.241 bits per heavy atom. The molecule has 1 unspecified atom stereocenters. The Morgan fingerprint density at radius 3 is 0.723 bits per heavy atom. The van der Waals surface area contributed by atoms with E-state index >= 15 is 0 Å². The van der Waals surface area contributed by atoms with E-state index in [9.17, 15) is 14.4 Å². The standard InChI is InChI=1S/C77H116O6/c1-4-7-10-13-16-19-22-25-27-29-30-31-32-33-34-35-36-37-38-39-40-41-42-43-44-45-46-48-49-52-55-58-61-64-67-70-76(79)82-73-74(72-81-75(78)69-66-63-60-57-54-51-24-21-18-15-12-9-6-3)83-77(80)71-68-65-62-59-56-53-50-47-28-26-23-20-17-14-11-8-5-2/h7-12,16-21,25-28,30-31,33-34,36-37,39-40,42-43,45-46,50-51,53-54,59,62,74H,4-6,13-15,22-24,29,32,35,38,41,44,47-49,52,55-58,60-61,63-73H2,1-3H3/b10-7-,11-8-,12-9-,19-16-,20-17-,21-18-,27-25-,28-26-,31-30-,34-33-,37-36-,40-39-,43-42-,46-45-,53-50-,54-51-,62-59-. The summed E-state index contributed by atoms with van der Waals surface area (Å²) in [4.78, 5) is 38.2. The number of carbonyl (C=O) groups is 3. The van der Waals surface area contributed by atoms with E-state index in [1.54, 1.807) is 0 Å². The number of hydrogen-bond acceptors (Lipinski definition) is 6. The van der Waals surface area contributed by atoms with E-state index in [0.29, 0.717) is 19.3 Å². The summed E-state index contributed by atoms with van der Waals surface area (Å²) in [5.41, 5.74) is 0. The molecule has 0 spiro atoms. The number of esters is 3. The van der Waals surface area contributed by atoms with Crippen molar-refractivity contribution < 1.29 is 28.6 Å². The van der Waals surface area contributed by atoms with E-state index in [1.165, 1.54) is 19.3 Å². The Morgan fingerprint density at radius 2 is 0.446 bits per heavy atom. The van der Waals surface area contributed by atoms with Gasteiger partial charge >= 0.3 is 17.9 Å². The van der Waals surface area contributed by atoms with Crippen LogP contribution in [-0.2, 0) is 28.6 Å². The highest BCUT2D eigenvalue weighted by Crippen LogP contribution is 2.13. The van der Waals surface area contributed by atoms with Gasteiger partial charge in [0.05, 0.1) is 0 Å². The van der Waals surface area contributed by atoms with Crippen LogP contribution in [0.4, 0.5) is 0 Å². The smallest absolute Gasteiger partial charge is 0.306 e. The quantitative estimate of drug-likeness (QED) is 0.0261. The van der Waals surface area contributed by atoms with E-state index in [-0.39, 0.29) is 37.5 Å². The highest BCUT2D eigenvalue weighted by Gasteiger charge is 2.19. The van der Waals surface area contributed by atoms with Crippen molar-refractivity contribution in [3.63, 3.8) is 0 Å². The van der Waals surface area contributed by atoms with E-state index < -0.39 is 6.10 Å². The van der Waals surface area contributed by atoms with Gasteiger partial charge in [0, 0.05) is 19.3 Å². The minimum Gasteiger partial charge on any atom is -0.462 e. The van der Waals surface area contributed by atoms with Crippen LogP contribution in [-0.4, -0.2) is 37.2 Å². The number of rotatable bonds is 56. The van der Waals surface area contributed by atoms with Gasteiger partial charge < -0.3 is 14.2 Å². The molecule has 0 saturated carbocycles. The van der Waals surface area contributed by atoms with Gasteiger partial charge in [0.1, 0.15) is 13.2 Å². The number of allylic oxidation sites excluding steroid dienone is 34. The first kappa shape index (κ1) is 77.0. The zero-order valence-corrected chi connectivity index (χ0v) is 52.6. The van der Waals surface area contributed by atoms with Gasteiger partial charge in [-0.1, -0.05) is 266 Å². The van der Waals surface area contributed by atoms with Crippen LogP contribution in [0, 0.1) is 0 Å². The average Bonchev–Trinajstić information content (AvgIpc) is 3.49. The zero-order valence-electron chi connectivity index (χ0n) is 52.6. The van der Waals surface area contributed by atoms with Gasteiger partial charge in [-0.15, -0.1) is 0 Å². The summed E-state index contributed by atoms with van der Waals surface area (Å²) in [5.74, 6) is -1.04. The lowest BCUT2D eigenvalue weighted by molar-refractivity contribution is -0.167. The first-order chi connectivity index (χ1) is 41.0. The summed E-state index contributed by atoms with van der Waals surface area (Å²) in [6.07, 6.45) is 106. The van der Waals surface area contributed by atoms with Crippen LogP contribution in [0.1, 0.15) is 239 Å². The van der Waals surface area contributed by atoms with Crippen molar-refractivity contribution in [2.75, 3.05) is 13.2 Å². The largest absolute Gasteiger partial charge is 0.462 e. The molecule has 0 radical (unpaired) electrons. The monoisotopic (exact) mass is 1140 g/mol. The first-order valence-corrected chi connectivity index (χ1v) is 32.6. The molecule has 0 fully saturated rings. The molecule has 0 aliphatic rings. The van der Waals surface area contributed by atoms with Crippen LogP contribution in [0.3, 0.4) is 0 Å². The second kappa shape index (κ2) is 68.5. The van der Waals surface area contributed by atoms with Gasteiger partial charge in [0.15, 0.2) is 6.10 Å². The predicted octanol–water partition coefficient (Wildman–Crippen LogP) is 22.8. The molecule has 6 nitrogen and oxygen atoms in total. The SMILES string of the molecule is CC/C=C\C/C=C\C/C=C\C/C=C\C/C=C\C/C=C\C/C=C\C/C=C\C/C=C\CCCCCCCCCC(=O)OCC(COC(=O)CCCCC/C=C\C/C=C\C/C=C\CC)OC(=O)CCC/C=C\C/C=C\C/C=C\C/C=C\C/C=C\CC. The molecule has 0 aliphatic heterocycles. The Balaban J connectivity index is 4.39. The maximum Gasteiger partial charge on any atom is 0.306 e. The number of unbranched alkanes of at least 4 members (excludes halogenated alkanes) is 11. The number of carbonyl (C=O) groups excluding carboxylic acids is 3. The lowest BCUT2D eigenvalue weighted by Crippen LogP contribution is -2.30. The fourth-order valence-corrected chi connectivity index (χ4v) is 8.01. The van der Waals surface area contributed by atoms with Crippen molar-refractivity contribution in [1.82, 2.24) is 0 Å². The van der Waals surface area contributed by atoms with Crippen molar-refractivity contribution in [2.24, 2.45) is 0 Å². The van der Waals surface area contributed by atoms with Gasteiger partial charge in [-0.25, -0.2) is 0 Å². The average molecular weight is 1140 g/mol. The number of ether oxygens (including phenoxy) is 3. The van der Waals surface area contributed by atoms with Crippen LogP contribution in [0.25, 0.3) is 0 Å². The summed E-state index contributed by atoms with van der Waals surface area (Å²) < 4.78 is 16.8. The van der Waals surface area contributed by atoms with Crippen LogP contribution >= 0.6 is 0 Å². The van der Waals surface area contributed by atoms with Crippen molar-refractivity contribution in [2.45, 2.75) is 245 Å². The second-order valence-electron chi connectivity index (χ2n) is 20.5. The fourth-order valence-electron chi connectivity index (χ4n) is 8.01. The molecule has 0 N–H and O–H groups in total. The summed E-state index contributed by atoms with van der Waals surface area (Å²) in [6, 6.07) is 0. The molecule has 0 aromatic heterocycles. The molecule has 0 aromatic rings. The Kier molecular flexibility index (Phi) is 63.5.